The van der Waals surface area contributed by atoms with E-state index in [-0.39, 0.29) is 6.04 Å². The van der Waals surface area contributed by atoms with Crippen molar-refractivity contribution in [1.82, 2.24) is 49.7 Å². The molecule has 8 rings (SSSR count). The van der Waals surface area contributed by atoms with Gasteiger partial charge in [-0.05, 0) is 104 Å². The van der Waals surface area contributed by atoms with E-state index < -0.39 is 5.54 Å². The SMILES string of the molecule is CC(c1ccccn1)(c1ccccn1)N(Cc1ccccn1)Cc1ccccn1.c1ccc(CN(Cc2ccccn2)C(c2ccccn2)c2ccccn2)nc1. The first kappa shape index (κ1) is 38.4. The summed E-state index contributed by atoms with van der Waals surface area (Å²) >= 11 is 0. The van der Waals surface area contributed by atoms with Crippen LogP contribution in [0.2, 0.25) is 0 Å². The molecule has 0 unspecified atom stereocenters. The van der Waals surface area contributed by atoms with Gasteiger partial charge in [-0.3, -0.25) is 49.7 Å². The fourth-order valence-corrected chi connectivity index (χ4v) is 6.74. The Labute approximate surface area is 334 Å². The average molecular weight is 749 g/mol. The Morgan fingerprint density at radius 1 is 0.368 bits per heavy atom. The predicted molar refractivity (Wildman–Crippen MR) is 221 cm³/mol. The van der Waals surface area contributed by atoms with E-state index in [2.05, 4.69) is 58.8 Å². The molecule has 0 fully saturated rings. The monoisotopic (exact) mass is 748 g/mol. The average Bonchev–Trinajstić information content (AvgIpc) is 3.29. The second kappa shape index (κ2) is 19.6. The lowest BCUT2D eigenvalue weighted by Gasteiger charge is -2.40. The molecule has 0 aliphatic heterocycles. The van der Waals surface area contributed by atoms with Gasteiger partial charge in [0.05, 0.1) is 51.6 Å². The third kappa shape index (κ3) is 10.3. The van der Waals surface area contributed by atoms with Crippen LogP contribution in [0.3, 0.4) is 0 Å². The molecule has 282 valence electrons. The van der Waals surface area contributed by atoms with Gasteiger partial charge in [0.25, 0.3) is 0 Å². The minimum Gasteiger partial charge on any atom is -0.278 e. The second-order valence-corrected chi connectivity index (χ2v) is 13.5. The summed E-state index contributed by atoms with van der Waals surface area (Å²) in [6.07, 6.45) is 14.6. The largest absolute Gasteiger partial charge is 0.278 e. The van der Waals surface area contributed by atoms with Crippen LogP contribution in [-0.2, 0) is 31.7 Å². The van der Waals surface area contributed by atoms with E-state index in [4.69, 9.17) is 9.97 Å². The van der Waals surface area contributed by atoms with Crippen LogP contribution in [0, 0.1) is 0 Å². The number of nitrogens with zero attached hydrogens (tertiary/aromatic N) is 10. The van der Waals surface area contributed by atoms with Gasteiger partial charge in [0, 0.05) is 75.8 Å². The van der Waals surface area contributed by atoms with E-state index in [1.165, 1.54) is 0 Å². The Morgan fingerprint density at radius 3 is 0.982 bits per heavy atom. The molecular weight excluding hydrogens is 705 g/mol. The molecule has 8 aromatic heterocycles. The summed E-state index contributed by atoms with van der Waals surface area (Å²) in [6.45, 7) is 4.77. The van der Waals surface area contributed by atoms with Gasteiger partial charge in [0.1, 0.15) is 5.54 Å². The smallest absolute Gasteiger partial charge is 0.104 e. The lowest BCUT2D eigenvalue weighted by molar-refractivity contribution is 0.108. The zero-order valence-corrected chi connectivity index (χ0v) is 31.9. The van der Waals surface area contributed by atoms with Crippen molar-refractivity contribution in [3.05, 3.63) is 241 Å². The molecule has 10 heteroatoms. The lowest BCUT2D eigenvalue weighted by Crippen LogP contribution is -2.45. The highest BCUT2D eigenvalue weighted by Gasteiger charge is 2.38. The van der Waals surface area contributed by atoms with Gasteiger partial charge in [-0.25, -0.2) is 0 Å². The molecule has 8 heterocycles. The number of aromatic nitrogens is 8. The van der Waals surface area contributed by atoms with Crippen LogP contribution < -0.4 is 0 Å². The minimum atomic E-state index is -0.558. The molecule has 0 spiro atoms. The van der Waals surface area contributed by atoms with E-state index >= 15 is 0 Å². The molecule has 0 radical (unpaired) electrons. The molecule has 0 atom stereocenters. The lowest BCUT2D eigenvalue weighted by atomic mass is 9.89. The molecule has 0 saturated heterocycles. The second-order valence-electron chi connectivity index (χ2n) is 13.5. The predicted octanol–water partition coefficient (Wildman–Crippen LogP) is 8.29. The Kier molecular flexibility index (Phi) is 13.2. The zero-order chi connectivity index (χ0) is 39.0. The van der Waals surface area contributed by atoms with Crippen molar-refractivity contribution in [3.8, 4) is 0 Å². The summed E-state index contributed by atoms with van der Waals surface area (Å²) in [7, 11) is 0. The van der Waals surface area contributed by atoms with Gasteiger partial charge < -0.3 is 0 Å². The van der Waals surface area contributed by atoms with Gasteiger partial charge in [0.15, 0.2) is 0 Å². The molecule has 0 bridgehead atoms. The van der Waals surface area contributed by atoms with Crippen molar-refractivity contribution in [2.45, 2.75) is 44.7 Å². The number of hydrogen-bond acceptors (Lipinski definition) is 10. The van der Waals surface area contributed by atoms with Crippen molar-refractivity contribution >= 4 is 0 Å². The van der Waals surface area contributed by atoms with Crippen molar-refractivity contribution in [2.24, 2.45) is 0 Å². The summed E-state index contributed by atoms with van der Waals surface area (Å²) in [5, 5.41) is 0. The minimum absolute atomic E-state index is 0.105. The normalized spacial score (nSPS) is 11.3. The Balaban J connectivity index is 0.000000174. The zero-order valence-electron chi connectivity index (χ0n) is 31.9. The molecule has 0 aliphatic rings. The molecule has 0 amide bonds. The molecule has 0 aromatic carbocycles. The van der Waals surface area contributed by atoms with E-state index in [1.807, 2.05) is 183 Å². The maximum Gasteiger partial charge on any atom is 0.104 e. The third-order valence-electron chi connectivity index (χ3n) is 9.60. The molecule has 57 heavy (non-hydrogen) atoms. The van der Waals surface area contributed by atoms with Gasteiger partial charge in [0.2, 0.25) is 0 Å². The Morgan fingerprint density at radius 2 is 0.684 bits per heavy atom. The highest BCUT2D eigenvalue weighted by molar-refractivity contribution is 5.30. The fraction of sp³-hybridized carbons (Fsp3) is 0.149. The fourth-order valence-electron chi connectivity index (χ4n) is 6.74. The summed E-state index contributed by atoms with van der Waals surface area (Å²) in [5.41, 5.74) is 7.18. The van der Waals surface area contributed by atoms with Crippen molar-refractivity contribution in [3.63, 3.8) is 0 Å². The molecule has 10 nitrogen and oxygen atoms in total. The first-order valence-electron chi connectivity index (χ1n) is 18.9. The summed E-state index contributed by atoms with van der Waals surface area (Å²) in [4.78, 5) is 41.5. The molecule has 0 aliphatic carbocycles. The van der Waals surface area contributed by atoms with Crippen molar-refractivity contribution < 1.29 is 0 Å². The van der Waals surface area contributed by atoms with Gasteiger partial charge in [-0.15, -0.1) is 0 Å². The highest BCUT2D eigenvalue weighted by Crippen LogP contribution is 2.35. The van der Waals surface area contributed by atoms with Crippen LogP contribution in [0.4, 0.5) is 0 Å². The first-order valence-corrected chi connectivity index (χ1v) is 18.9. The van der Waals surface area contributed by atoms with Crippen LogP contribution in [-0.4, -0.2) is 49.7 Å². The number of pyridine rings is 8. The number of rotatable bonds is 14. The van der Waals surface area contributed by atoms with Crippen LogP contribution in [0.25, 0.3) is 0 Å². The third-order valence-corrected chi connectivity index (χ3v) is 9.60. The molecule has 8 aromatic rings. The van der Waals surface area contributed by atoms with Gasteiger partial charge in [-0.2, -0.15) is 0 Å². The van der Waals surface area contributed by atoms with E-state index in [9.17, 15) is 0 Å². The standard InChI is InChI=1S/C24H23N5.C23H21N5/c1-24(22-12-4-8-16-27-22,23-13-5-9-17-28-23)29(18-20-10-2-6-14-25-20)19-21-11-3-7-15-26-21;1-5-13-24-19(9-1)17-28(18-20-10-2-6-14-25-20)23(21-11-3-7-15-26-21)22-12-4-8-16-27-22/h2-17H,18-19H2,1H3;1-16,23H,17-18H2. The summed E-state index contributed by atoms with van der Waals surface area (Å²) in [5.74, 6) is 0. The van der Waals surface area contributed by atoms with Crippen LogP contribution >= 0.6 is 0 Å². The summed E-state index contributed by atoms with van der Waals surface area (Å²) in [6, 6.07) is 47.8. The van der Waals surface area contributed by atoms with E-state index in [0.717, 1.165) is 45.6 Å². The molecule has 0 saturated carbocycles. The van der Waals surface area contributed by atoms with Crippen molar-refractivity contribution in [1.29, 1.82) is 0 Å². The van der Waals surface area contributed by atoms with Gasteiger partial charge in [-0.1, -0.05) is 48.5 Å². The molecular formula is C47H44N10. The Bertz CT molecular complexity index is 2150. The van der Waals surface area contributed by atoms with E-state index in [0.29, 0.717) is 26.2 Å². The van der Waals surface area contributed by atoms with E-state index in [1.54, 1.807) is 0 Å². The van der Waals surface area contributed by atoms with Crippen LogP contribution in [0.1, 0.15) is 58.5 Å². The van der Waals surface area contributed by atoms with Crippen LogP contribution in [0.5, 0.6) is 0 Å². The maximum atomic E-state index is 4.71. The van der Waals surface area contributed by atoms with Crippen LogP contribution in [0.15, 0.2) is 195 Å². The topological polar surface area (TPSA) is 110 Å². The van der Waals surface area contributed by atoms with Crippen molar-refractivity contribution in [2.75, 3.05) is 0 Å². The highest BCUT2D eigenvalue weighted by atomic mass is 15.2. The quantitative estimate of drug-likeness (QED) is 0.108. The first-order chi connectivity index (χ1) is 28.2. The maximum absolute atomic E-state index is 4.71. The van der Waals surface area contributed by atoms with Gasteiger partial charge >= 0.3 is 0 Å². The molecule has 0 N–H and O–H groups in total. The Hall–Kier alpha value is -6.88. The number of hydrogen-bond donors (Lipinski definition) is 0. The summed E-state index contributed by atoms with van der Waals surface area (Å²) < 4.78 is 0.